The predicted octanol–water partition coefficient (Wildman–Crippen LogP) is 1.39. The fourth-order valence-electron chi connectivity index (χ4n) is 3.54. The fourth-order valence-corrected chi connectivity index (χ4v) is 3.54. The zero-order valence-corrected chi connectivity index (χ0v) is 20.9. The van der Waals surface area contributed by atoms with Gasteiger partial charge in [-0.05, 0) is 50.2 Å². The lowest BCUT2D eigenvalue weighted by atomic mass is 10.3. The number of nitrogen functional groups attached to an aromatic ring is 1. The summed E-state index contributed by atoms with van der Waals surface area (Å²) < 4.78 is 27.3. The van der Waals surface area contributed by atoms with Crippen LogP contribution in [0.3, 0.4) is 0 Å². The molecular formula is C25H28IN3O4. The standard InChI is InChI=1S/C25H27N3O4.HI/c1-3-29-21-13-7-9-15-23(21)31-17-27-19-11-5-6-12-20(19)28(25(27)26)18-32-24-16-10-8-14-22(24)30-4-2;/h5-16,26H,3-4,17-18H2,1-2H3;1H. The van der Waals surface area contributed by atoms with Crippen molar-refractivity contribution in [2.24, 2.45) is 0 Å². The van der Waals surface area contributed by atoms with E-state index in [1.807, 2.05) is 95.8 Å². The summed E-state index contributed by atoms with van der Waals surface area (Å²) in [6, 6.07) is 23.2. The maximum absolute atomic E-state index is 6.54. The molecule has 174 valence electrons. The molecule has 7 nitrogen and oxygen atoms in total. The molecule has 0 saturated carbocycles. The molecular weight excluding hydrogens is 533 g/mol. The largest absolute Gasteiger partial charge is 1.00 e. The van der Waals surface area contributed by atoms with Crippen molar-refractivity contribution in [3.05, 3.63) is 72.8 Å². The molecule has 0 aliphatic rings. The van der Waals surface area contributed by atoms with Crippen molar-refractivity contribution in [1.29, 1.82) is 0 Å². The van der Waals surface area contributed by atoms with Crippen molar-refractivity contribution in [1.82, 2.24) is 4.57 Å². The second kappa shape index (κ2) is 11.6. The number of rotatable bonds is 10. The first kappa shape index (κ1) is 24.5. The second-order valence-electron chi connectivity index (χ2n) is 7.01. The zero-order valence-electron chi connectivity index (χ0n) is 18.7. The summed E-state index contributed by atoms with van der Waals surface area (Å²) in [6.07, 6.45) is 0. The van der Waals surface area contributed by atoms with Gasteiger partial charge >= 0.3 is 5.95 Å². The summed E-state index contributed by atoms with van der Waals surface area (Å²) in [4.78, 5) is 0. The summed E-state index contributed by atoms with van der Waals surface area (Å²) in [7, 11) is 0. The Kier molecular flexibility index (Phi) is 8.65. The van der Waals surface area contributed by atoms with Crippen LogP contribution in [0.5, 0.6) is 23.0 Å². The molecule has 0 unspecified atom stereocenters. The molecule has 33 heavy (non-hydrogen) atoms. The van der Waals surface area contributed by atoms with E-state index < -0.39 is 0 Å². The number of fused-ring (bicyclic) bond motifs is 1. The molecule has 0 fully saturated rings. The topological polar surface area (TPSA) is 71.8 Å². The number of anilines is 1. The van der Waals surface area contributed by atoms with E-state index in [0.29, 0.717) is 42.2 Å². The number of benzene rings is 3. The number of nitrogens with zero attached hydrogens (tertiary/aromatic N) is 2. The van der Waals surface area contributed by atoms with Crippen LogP contribution in [0.1, 0.15) is 13.8 Å². The van der Waals surface area contributed by atoms with Crippen LogP contribution in [0.15, 0.2) is 72.8 Å². The highest BCUT2D eigenvalue weighted by Crippen LogP contribution is 2.28. The van der Waals surface area contributed by atoms with Crippen LogP contribution < -0.4 is 53.2 Å². The van der Waals surface area contributed by atoms with Gasteiger partial charge in [0.25, 0.3) is 0 Å². The normalized spacial score (nSPS) is 10.5. The van der Waals surface area contributed by atoms with Crippen LogP contribution in [-0.4, -0.2) is 17.8 Å². The van der Waals surface area contributed by atoms with Gasteiger partial charge in [-0.25, -0.2) is 0 Å². The number of ether oxygens (including phenoxy) is 4. The number of aromatic nitrogens is 2. The molecule has 1 heterocycles. The minimum Gasteiger partial charge on any atom is -1.00 e. The van der Waals surface area contributed by atoms with Gasteiger partial charge in [-0.2, -0.15) is 9.13 Å². The third kappa shape index (κ3) is 5.44. The minimum atomic E-state index is 0. The van der Waals surface area contributed by atoms with Gasteiger partial charge < -0.3 is 42.9 Å². The van der Waals surface area contributed by atoms with E-state index in [1.165, 1.54) is 0 Å². The van der Waals surface area contributed by atoms with E-state index >= 15 is 0 Å². The first-order valence-electron chi connectivity index (χ1n) is 10.7. The van der Waals surface area contributed by atoms with Crippen LogP contribution >= 0.6 is 0 Å². The lowest BCUT2D eigenvalue weighted by Crippen LogP contribution is -3.00. The van der Waals surface area contributed by atoms with E-state index in [9.17, 15) is 0 Å². The molecule has 0 bridgehead atoms. The molecule has 0 atom stereocenters. The fraction of sp³-hybridized carbons (Fsp3) is 0.240. The van der Waals surface area contributed by atoms with Gasteiger partial charge in [0.15, 0.2) is 23.0 Å². The summed E-state index contributed by atoms with van der Waals surface area (Å²) in [5, 5.41) is 0. The van der Waals surface area contributed by atoms with Crippen molar-refractivity contribution in [2.45, 2.75) is 27.3 Å². The van der Waals surface area contributed by atoms with Crippen molar-refractivity contribution in [2.75, 3.05) is 18.9 Å². The lowest BCUT2D eigenvalue weighted by Gasteiger charge is -2.12. The summed E-state index contributed by atoms with van der Waals surface area (Å²) in [5.74, 6) is 3.26. The Morgan fingerprint density at radius 2 is 1.18 bits per heavy atom. The molecule has 0 radical (unpaired) electrons. The number of para-hydroxylation sites is 6. The van der Waals surface area contributed by atoms with Crippen molar-refractivity contribution < 1.29 is 47.5 Å². The highest BCUT2D eigenvalue weighted by atomic mass is 127. The maximum Gasteiger partial charge on any atom is 0.361 e. The molecule has 0 saturated heterocycles. The van der Waals surface area contributed by atoms with Gasteiger partial charge in [0.2, 0.25) is 13.5 Å². The third-order valence-electron chi connectivity index (χ3n) is 5.01. The number of halogens is 1. The molecule has 0 aliphatic carbocycles. The SMILES string of the molecule is CCOc1ccccc1OCn1c(N)[n+](COc2ccccc2OCC)c2ccccc21.[I-]. The van der Waals surface area contributed by atoms with Crippen LogP contribution in [0.25, 0.3) is 11.0 Å². The maximum atomic E-state index is 6.54. The van der Waals surface area contributed by atoms with Crippen LogP contribution in [0.2, 0.25) is 0 Å². The molecule has 8 heteroatoms. The number of nitrogens with two attached hydrogens (primary N) is 1. The van der Waals surface area contributed by atoms with Crippen LogP contribution in [-0.2, 0) is 13.5 Å². The van der Waals surface area contributed by atoms with Gasteiger partial charge in [0, 0.05) is 0 Å². The Balaban J connectivity index is 0.00000306. The number of imidazole rings is 1. The van der Waals surface area contributed by atoms with E-state index in [1.54, 1.807) is 0 Å². The van der Waals surface area contributed by atoms with E-state index in [-0.39, 0.29) is 37.4 Å². The average Bonchev–Trinajstić information content (AvgIpc) is 3.09. The summed E-state index contributed by atoms with van der Waals surface area (Å²) in [6.45, 7) is 5.49. The quantitative estimate of drug-likeness (QED) is 0.234. The van der Waals surface area contributed by atoms with Crippen molar-refractivity contribution >= 4 is 17.0 Å². The van der Waals surface area contributed by atoms with Crippen molar-refractivity contribution in [3.63, 3.8) is 0 Å². The van der Waals surface area contributed by atoms with E-state index in [0.717, 1.165) is 11.0 Å². The van der Waals surface area contributed by atoms with Crippen LogP contribution in [0, 0.1) is 0 Å². The van der Waals surface area contributed by atoms with E-state index in [4.69, 9.17) is 24.7 Å². The predicted molar refractivity (Wildman–Crippen MR) is 123 cm³/mol. The Bertz CT molecular complexity index is 1100. The Morgan fingerprint density at radius 1 is 0.697 bits per heavy atom. The van der Waals surface area contributed by atoms with Gasteiger partial charge in [-0.3, -0.25) is 5.73 Å². The van der Waals surface area contributed by atoms with Gasteiger partial charge in [0.1, 0.15) is 11.0 Å². The highest BCUT2D eigenvalue weighted by molar-refractivity contribution is 5.73. The summed E-state index contributed by atoms with van der Waals surface area (Å²) in [5.41, 5.74) is 8.43. The average molecular weight is 561 g/mol. The molecule has 3 aromatic carbocycles. The molecule has 0 aliphatic heterocycles. The Hall–Kier alpha value is -3.14. The number of hydrogen-bond acceptors (Lipinski definition) is 5. The van der Waals surface area contributed by atoms with E-state index in [2.05, 4.69) is 0 Å². The Morgan fingerprint density at radius 3 is 1.76 bits per heavy atom. The second-order valence-corrected chi connectivity index (χ2v) is 7.01. The van der Waals surface area contributed by atoms with Crippen molar-refractivity contribution in [3.8, 4) is 23.0 Å². The summed E-state index contributed by atoms with van der Waals surface area (Å²) >= 11 is 0. The molecule has 4 rings (SSSR count). The first-order valence-corrected chi connectivity index (χ1v) is 10.7. The number of hydrogen-bond donors (Lipinski definition) is 1. The zero-order chi connectivity index (χ0) is 22.3. The highest BCUT2D eigenvalue weighted by Gasteiger charge is 2.22. The Labute approximate surface area is 210 Å². The smallest absolute Gasteiger partial charge is 0.361 e. The van der Waals surface area contributed by atoms with Gasteiger partial charge in [-0.1, -0.05) is 36.4 Å². The van der Waals surface area contributed by atoms with Gasteiger partial charge in [-0.15, -0.1) is 0 Å². The minimum absolute atomic E-state index is 0. The molecule has 1 aromatic heterocycles. The lowest BCUT2D eigenvalue weighted by molar-refractivity contribution is -0.687. The van der Waals surface area contributed by atoms with Crippen LogP contribution in [0.4, 0.5) is 5.95 Å². The first-order chi connectivity index (χ1) is 15.7. The molecule has 4 aromatic rings. The van der Waals surface area contributed by atoms with Gasteiger partial charge in [0.05, 0.1) is 13.2 Å². The monoisotopic (exact) mass is 561 g/mol. The third-order valence-corrected chi connectivity index (χ3v) is 5.01. The molecule has 2 N–H and O–H groups in total. The molecule has 0 amide bonds. The molecule has 0 spiro atoms.